The lowest BCUT2D eigenvalue weighted by atomic mass is 9.69. The van der Waals surface area contributed by atoms with Crippen molar-refractivity contribution in [1.82, 2.24) is 9.80 Å². The van der Waals surface area contributed by atoms with Gasteiger partial charge in [0.2, 0.25) is 0 Å². The van der Waals surface area contributed by atoms with Crippen LogP contribution in [-0.2, 0) is 29.1 Å². The van der Waals surface area contributed by atoms with Crippen molar-refractivity contribution in [2.45, 2.75) is 91.9 Å². The molecule has 4 aliphatic heterocycles. The summed E-state index contributed by atoms with van der Waals surface area (Å²) in [7, 11) is -10.1. The number of anilines is 4. The molecule has 5 aromatic rings. The zero-order valence-corrected chi connectivity index (χ0v) is 46.7. The van der Waals surface area contributed by atoms with Crippen LogP contribution in [0.1, 0.15) is 64.1 Å². The first-order chi connectivity index (χ1) is 36.7. The van der Waals surface area contributed by atoms with Crippen LogP contribution in [0.5, 0.6) is 0 Å². The Morgan fingerprint density at radius 2 is 1.52 bits per heavy atom. The van der Waals surface area contributed by atoms with E-state index in [4.69, 9.17) is 16.1 Å². The number of alkyl halides is 3. The number of piperidine rings is 1. The number of likely N-dealkylation sites (tertiary alicyclic amines) is 1. The van der Waals surface area contributed by atoms with Gasteiger partial charge in [-0.2, -0.15) is 13.2 Å². The van der Waals surface area contributed by atoms with Gasteiger partial charge in [0, 0.05) is 107 Å². The highest BCUT2D eigenvalue weighted by Gasteiger charge is 2.54. The fraction of sp³-hybridized carbons (Fsp3) is 0.411. The van der Waals surface area contributed by atoms with Gasteiger partial charge in [0.1, 0.15) is 4.90 Å². The zero-order chi connectivity index (χ0) is 54.9. The van der Waals surface area contributed by atoms with Crippen LogP contribution in [-0.4, -0.2) is 118 Å². The minimum absolute atomic E-state index is 0.00569. The van der Waals surface area contributed by atoms with Crippen LogP contribution < -0.4 is 25.1 Å². The van der Waals surface area contributed by atoms with Gasteiger partial charge in [-0.1, -0.05) is 54.1 Å². The number of aliphatic hydroxyl groups excluding tert-OH is 1. The lowest BCUT2D eigenvalue weighted by Gasteiger charge is -2.42. The van der Waals surface area contributed by atoms with Crippen molar-refractivity contribution in [3.8, 4) is 0 Å². The second-order valence-electron chi connectivity index (χ2n) is 20.5. The summed E-state index contributed by atoms with van der Waals surface area (Å²) in [5, 5.41) is 16.5. The third kappa shape index (κ3) is 11.6. The number of carbonyl (C=O) groups excluding carboxylic acids is 1. The average Bonchev–Trinajstić information content (AvgIpc) is 3.98. The molecule has 0 aliphatic carbocycles. The van der Waals surface area contributed by atoms with Crippen LogP contribution >= 0.6 is 30.9 Å². The molecule has 0 aromatic heterocycles. The number of thioether (sulfide) groups is 1. The Morgan fingerprint density at radius 1 is 0.870 bits per heavy atom. The molecule has 410 valence electrons. The lowest BCUT2D eigenvalue weighted by Crippen LogP contribution is -2.46. The average molecular weight is 1130 g/mol. The number of nitroso groups, excluding NO2 is 1. The SMILES string of the molecule is CC1=C(C(=O)N=O)C(C)(c2cccc(N3CCN(c4ccc(N5CCO[P@@]5(=O)c5ccc(N[C@H](CCN6CCC(O)CC6)CSc6ccccc6)c(S(=O)(=O)C(F)(F)F)c5)cc4)CC3)c2)C(c2ccc(Cl)cc2)N1C(C)C. The van der Waals surface area contributed by atoms with Gasteiger partial charge in [0.15, 0.2) is 0 Å². The number of nitrogens with zero attached hydrogens (tertiary/aromatic N) is 6. The van der Waals surface area contributed by atoms with Crippen LogP contribution in [0.15, 0.2) is 148 Å². The number of nitrogens with one attached hydrogen (secondary N) is 1. The van der Waals surface area contributed by atoms with E-state index >= 15 is 4.57 Å². The Bertz CT molecular complexity index is 3130. The molecule has 4 heterocycles. The molecule has 4 atom stereocenters. The molecule has 77 heavy (non-hydrogen) atoms. The highest BCUT2D eigenvalue weighted by Crippen LogP contribution is 2.57. The van der Waals surface area contributed by atoms with E-state index in [0.29, 0.717) is 92.8 Å². The van der Waals surface area contributed by atoms with E-state index in [1.807, 2.05) is 98.8 Å². The summed E-state index contributed by atoms with van der Waals surface area (Å²) < 4.78 is 92.9. The molecule has 4 aliphatic rings. The molecule has 2 unspecified atom stereocenters. The van der Waals surface area contributed by atoms with Crippen molar-refractivity contribution >= 4 is 74.7 Å². The molecule has 0 bridgehead atoms. The summed E-state index contributed by atoms with van der Waals surface area (Å²) in [5.41, 5.74) is -1.64. The summed E-state index contributed by atoms with van der Waals surface area (Å²) in [6.45, 7) is 12.6. The number of hydrogen-bond donors (Lipinski definition) is 2. The summed E-state index contributed by atoms with van der Waals surface area (Å²) in [6.07, 6.45) is 1.34. The molecule has 2 N–H and O–H groups in total. The third-order valence-electron chi connectivity index (χ3n) is 15.4. The van der Waals surface area contributed by atoms with Crippen LogP contribution in [0.4, 0.5) is 35.9 Å². The van der Waals surface area contributed by atoms with E-state index in [1.165, 1.54) is 28.6 Å². The van der Waals surface area contributed by atoms with Crippen molar-refractivity contribution in [2.75, 3.05) is 84.5 Å². The predicted octanol–water partition coefficient (Wildman–Crippen LogP) is 11.0. The number of benzene rings is 5. The summed E-state index contributed by atoms with van der Waals surface area (Å²) in [4.78, 5) is 34.3. The summed E-state index contributed by atoms with van der Waals surface area (Å²) in [6, 6.07) is 35.2. The van der Waals surface area contributed by atoms with E-state index in [0.717, 1.165) is 33.5 Å². The van der Waals surface area contributed by atoms with E-state index in [9.17, 15) is 36.4 Å². The molecular weight excluding hydrogens is 1070 g/mol. The van der Waals surface area contributed by atoms with Gasteiger partial charge in [-0.05, 0) is 137 Å². The van der Waals surface area contributed by atoms with Crippen molar-refractivity contribution < 1.29 is 40.6 Å². The topological polar surface area (TPSA) is 155 Å². The van der Waals surface area contributed by atoms with Gasteiger partial charge in [-0.3, -0.25) is 14.0 Å². The molecule has 1 amide bonds. The Morgan fingerprint density at radius 3 is 2.16 bits per heavy atom. The predicted molar refractivity (Wildman–Crippen MR) is 300 cm³/mol. The van der Waals surface area contributed by atoms with Gasteiger partial charge in [0.05, 0.1) is 41.9 Å². The first kappa shape index (κ1) is 56.3. The number of rotatable bonds is 17. The monoisotopic (exact) mass is 1130 g/mol. The van der Waals surface area contributed by atoms with Gasteiger partial charge >= 0.3 is 18.9 Å². The van der Waals surface area contributed by atoms with Crippen molar-refractivity contribution in [2.24, 2.45) is 5.18 Å². The second-order valence-corrected chi connectivity index (χ2v) is 26.2. The quantitative estimate of drug-likeness (QED) is 0.0515. The number of amides is 1. The van der Waals surface area contributed by atoms with Gasteiger partial charge < -0.3 is 34.5 Å². The van der Waals surface area contributed by atoms with Crippen molar-refractivity contribution in [3.05, 3.63) is 154 Å². The van der Waals surface area contributed by atoms with Crippen molar-refractivity contribution in [1.29, 1.82) is 0 Å². The smallest absolute Gasteiger partial charge is 0.393 e. The number of hydrogen-bond acceptors (Lipinski definition) is 13. The number of sulfone groups is 1. The van der Waals surface area contributed by atoms with E-state index < -0.39 is 45.1 Å². The summed E-state index contributed by atoms with van der Waals surface area (Å²) >= 11 is 7.83. The van der Waals surface area contributed by atoms with E-state index in [1.54, 1.807) is 12.1 Å². The van der Waals surface area contributed by atoms with Gasteiger partial charge in [0.25, 0.3) is 9.84 Å². The van der Waals surface area contributed by atoms with E-state index in [-0.39, 0.29) is 42.3 Å². The lowest BCUT2D eigenvalue weighted by molar-refractivity contribution is -0.115. The highest BCUT2D eigenvalue weighted by atomic mass is 35.5. The molecule has 5 aromatic carbocycles. The number of allylic oxidation sites excluding steroid dienone is 1. The molecule has 0 saturated carbocycles. The maximum atomic E-state index is 15.0. The fourth-order valence-corrected chi connectivity index (χ4v) is 15.8. The number of piperazine rings is 1. The normalized spacial score (nSPS) is 22.3. The Labute approximate surface area is 458 Å². The zero-order valence-electron chi connectivity index (χ0n) is 43.4. The molecule has 0 radical (unpaired) electrons. The minimum atomic E-state index is -5.94. The fourth-order valence-electron chi connectivity index (χ4n) is 11.5. The largest absolute Gasteiger partial charge is 0.501 e. The van der Waals surface area contributed by atoms with Gasteiger partial charge in [-0.15, -0.1) is 16.7 Å². The molecule has 0 spiro atoms. The molecule has 14 nitrogen and oxygen atoms in total. The van der Waals surface area contributed by atoms with E-state index in [2.05, 4.69) is 50.0 Å². The second kappa shape index (κ2) is 23.1. The van der Waals surface area contributed by atoms with Gasteiger partial charge in [-0.25, -0.2) is 8.42 Å². The highest BCUT2D eigenvalue weighted by molar-refractivity contribution is 7.99. The third-order valence-corrected chi connectivity index (χ3v) is 20.9. The van der Waals surface area contributed by atoms with Crippen LogP contribution in [0.3, 0.4) is 0 Å². The Kier molecular flexibility index (Phi) is 16.9. The molecular formula is C56H64ClF3N7O7PS2. The molecule has 21 heteroatoms. The van der Waals surface area contributed by atoms with Crippen LogP contribution in [0.2, 0.25) is 5.02 Å². The molecule has 3 saturated heterocycles. The molecule has 3 fully saturated rings. The minimum Gasteiger partial charge on any atom is -0.393 e. The maximum Gasteiger partial charge on any atom is 0.501 e. The number of carbonyl (C=O) groups is 1. The first-order valence-corrected chi connectivity index (χ1v) is 30.3. The van der Waals surface area contributed by atoms with Crippen LogP contribution in [0, 0.1) is 4.91 Å². The van der Waals surface area contributed by atoms with Crippen LogP contribution in [0.25, 0.3) is 0 Å². The summed E-state index contributed by atoms with van der Waals surface area (Å²) in [5.74, 6) is -0.386. The Balaban J connectivity index is 0.922. The maximum absolute atomic E-state index is 15.0. The Hall–Kier alpha value is -5.40. The van der Waals surface area contributed by atoms with Crippen molar-refractivity contribution in [3.63, 3.8) is 0 Å². The standard InChI is InChI=1S/C56H64ClF3N7O7PS2/c1-38(2)67-39(3)52(54(69)62-70)55(4,53(67)40-13-15-42(57)16-14-40)41-9-8-10-46(35-41)65-31-29-64(30-32-65)44-17-19-45(20-18-44)66-33-34-74-75(66,71)48-21-22-50(51(36-48)77(72,73)56(58,59)60)61-43(37-76-49-11-6-5-7-12-49)23-26-63-27-24-47(68)25-28-63/h5-22,35-36,38,43,47,53,61,68H,23-34,37H2,1-4H3/t43-,53?,55?,75+/m1/s1. The number of halogens is 4. The molecule has 9 rings (SSSR count). The first-order valence-electron chi connectivity index (χ1n) is 25.9. The number of aliphatic hydroxyl groups is 1.